The van der Waals surface area contributed by atoms with Crippen molar-refractivity contribution in [1.29, 1.82) is 0 Å². The normalized spacial score (nSPS) is 15.3. The molecule has 0 spiro atoms. The summed E-state index contributed by atoms with van der Waals surface area (Å²) in [4.78, 5) is 0.00747. The molecule has 5 nitrogen and oxygen atoms in total. The van der Waals surface area contributed by atoms with Gasteiger partial charge in [0.25, 0.3) is 0 Å². The molecule has 0 atom stereocenters. The third kappa shape index (κ3) is 5.03. The molecule has 0 radical (unpaired) electrons. The van der Waals surface area contributed by atoms with Gasteiger partial charge in [-0.1, -0.05) is 6.07 Å². The molecule has 7 heteroatoms. The number of rotatable bonds is 9. The second-order valence-electron chi connectivity index (χ2n) is 5.15. The molecule has 1 saturated carbocycles. The third-order valence-corrected chi connectivity index (χ3v) is 4.84. The van der Waals surface area contributed by atoms with Crippen LogP contribution in [0.5, 0.6) is 0 Å². The standard InChI is InChI=1S/C14H21FN2O3S/c1-20-8-2-7-17-21(18,19)14-9-12(15)4-3-11(14)10-16-13-5-6-13/h3-4,9,13,16-17H,2,5-8,10H2,1H3. The van der Waals surface area contributed by atoms with Crippen molar-refractivity contribution < 1.29 is 17.5 Å². The first-order chi connectivity index (χ1) is 10.0. The lowest BCUT2D eigenvalue weighted by Crippen LogP contribution is -2.27. The Bertz CT molecular complexity index is 574. The van der Waals surface area contributed by atoms with Gasteiger partial charge in [0.05, 0.1) is 4.90 Å². The van der Waals surface area contributed by atoms with Crippen molar-refractivity contribution in [3.05, 3.63) is 29.6 Å². The summed E-state index contributed by atoms with van der Waals surface area (Å²) < 4.78 is 45.3. The Morgan fingerprint density at radius 2 is 2.14 bits per heavy atom. The molecular formula is C14H21FN2O3S. The molecule has 2 rings (SSSR count). The van der Waals surface area contributed by atoms with Crippen molar-refractivity contribution >= 4 is 10.0 Å². The number of halogens is 1. The lowest BCUT2D eigenvalue weighted by atomic mass is 10.2. The largest absolute Gasteiger partial charge is 0.385 e. The minimum Gasteiger partial charge on any atom is -0.385 e. The minimum absolute atomic E-state index is 0.00747. The molecule has 2 N–H and O–H groups in total. The fourth-order valence-corrected chi connectivity index (χ4v) is 3.29. The topological polar surface area (TPSA) is 67.4 Å². The van der Waals surface area contributed by atoms with E-state index in [2.05, 4.69) is 10.0 Å². The third-order valence-electron chi connectivity index (χ3n) is 3.29. The van der Waals surface area contributed by atoms with Gasteiger partial charge in [0.15, 0.2) is 0 Å². The fraction of sp³-hybridized carbons (Fsp3) is 0.571. The molecule has 0 bridgehead atoms. The lowest BCUT2D eigenvalue weighted by Gasteiger charge is -2.12. The summed E-state index contributed by atoms with van der Waals surface area (Å²) in [5.41, 5.74) is 0.586. The molecule has 1 aliphatic rings. The van der Waals surface area contributed by atoms with E-state index in [0.29, 0.717) is 31.2 Å². The Labute approximate surface area is 124 Å². The Kier molecular flexibility index (Phi) is 5.69. The van der Waals surface area contributed by atoms with E-state index in [1.807, 2.05) is 0 Å². The first kappa shape index (κ1) is 16.4. The van der Waals surface area contributed by atoms with Crippen LogP contribution < -0.4 is 10.0 Å². The van der Waals surface area contributed by atoms with Gasteiger partial charge in [-0.25, -0.2) is 17.5 Å². The molecule has 0 aromatic heterocycles. The first-order valence-electron chi connectivity index (χ1n) is 7.03. The van der Waals surface area contributed by atoms with Gasteiger partial charge in [-0.3, -0.25) is 0 Å². The summed E-state index contributed by atoms with van der Waals surface area (Å²) in [6, 6.07) is 4.34. The summed E-state index contributed by atoms with van der Waals surface area (Å²) >= 11 is 0. The number of methoxy groups -OCH3 is 1. The second-order valence-corrected chi connectivity index (χ2v) is 6.89. The van der Waals surface area contributed by atoms with E-state index in [1.165, 1.54) is 12.1 Å². The summed E-state index contributed by atoms with van der Waals surface area (Å²) in [5, 5.41) is 3.25. The van der Waals surface area contributed by atoms with Crippen LogP contribution in [0.3, 0.4) is 0 Å². The van der Waals surface area contributed by atoms with Gasteiger partial charge in [0, 0.05) is 32.8 Å². The molecule has 1 aromatic rings. The number of hydrogen-bond acceptors (Lipinski definition) is 4. The molecule has 0 heterocycles. The van der Waals surface area contributed by atoms with Gasteiger partial charge in [0.2, 0.25) is 10.0 Å². The Balaban J connectivity index is 2.08. The summed E-state index contributed by atoms with van der Waals surface area (Å²) in [6.07, 6.45) is 2.79. The molecule has 1 aliphatic carbocycles. The summed E-state index contributed by atoms with van der Waals surface area (Å²) in [7, 11) is -2.15. The SMILES string of the molecule is COCCCNS(=O)(=O)c1cc(F)ccc1CNC1CC1. The highest BCUT2D eigenvalue weighted by molar-refractivity contribution is 7.89. The quantitative estimate of drug-likeness (QED) is 0.676. The number of nitrogens with one attached hydrogen (secondary N) is 2. The number of sulfonamides is 1. The zero-order valence-corrected chi connectivity index (χ0v) is 12.9. The second kappa shape index (κ2) is 7.31. The fourth-order valence-electron chi connectivity index (χ4n) is 1.97. The van der Waals surface area contributed by atoms with Crippen LogP contribution in [0.15, 0.2) is 23.1 Å². The molecule has 0 aliphatic heterocycles. The van der Waals surface area contributed by atoms with E-state index in [4.69, 9.17) is 4.74 Å². The predicted molar refractivity (Wildman–Crippen MR) is 77.9 cm³/mol. The molecule has 0 saturated heterocycles. The highest BCUT2D eigenvalue weighted by Crippen LogP contribution is 2.22. The van der Waals surface area contributed by atoms with E-state index in [-0.39, 0.29) is 11.4 Å². The van der Waals surface area contributed by atoms with Crippen LogP contribution in [-0.2, 0) is 21.3 Å². The zero-order chi connectivity index (χ0) is 15.3. The van der Waals surface area contributed by atoms with Crippen LogP contribution in [0.25, 0.3) is 0 Å². The van der Waals surface area contributed by atoms with Crippen molar-refractivity contribution in [3.8, 4) is 0 Å². The number of benzene rings is 1. The van der Waals surface area contributed by atoms with Crippen molar-refractivity contribution in [2.45, 2.75) is 36.7 Å². The molecule has 1 fully saturated rings. The highest BCUT2D eigenvalue weighted by Gasteiger charge is 2.23. The van der Waals surface area contributed by atoms with E-state index >= 15 is 0 Å². The Hall–Kier alpha value is -1.02. The van der Waals surface area contributed by atoms with E-state index in [9.17, 15) is 12.8 Å². The van der Waals surface area contributed by atoms with Crippen LogP contribution in [0.1, 0.15) is 24.8 Å². The van der Waals surface area contributed by atoms with E-state index in [0.717, 1.165) is 18.9 Å². The van der Waals surface area contributed by atoms with Gasteiger partial charge >= 0.3 is 0 Å². The number of hydrogen-bond donors (Lipinski definition) is 2. The van der Waals surface area contributed by atoms with Gasteiger partial charge in [-0.15, -0.1) is 0 Å². The lowest BCUT2D eigenvalue weighted by molar-refractivity contribution is 0.196. The summed E-state index contributed by atoms with van der Waals surface area (Å²) in [5.74, 6) is -0.553. The predicted octanol–water partition coefficient (Wildman–Crippen LogP) is 1.39. The first-order valence-corrected chi connectivity index (χ1v) is 8.51. The molecule has 21 heavy (non-hydrogen) atoms. The van der Waals surface area contributed by atoms with Crippen LogP contribution in [0, 0.1) is 5.82 Å². The average Bonchev–Trinajstić information content (AvgIpc) is 3.26. The summed E-state index contributed by atoms with van der Waals surface area (Å²) in [6.45, 7) is 1.17. The molecule has 0 amide bonds. The molecule has 0 unspecified atom stereocenters. The smallest absolute Gasteiger partial charge is 0.240 e. The minimum atomic E-state index is -3.71. The van der Waals surface area contributed by atoms with Crippen molar-refractivity contribution in [3.63, 3.8) is 0 Å². The monoisotopic (exact) mass is 316 g/mol. The molecular weight excluding hydrogens is 295 g/mol. The van der Waals surface area contributed by atoms with Gasteiger partial charge in [-0.2, -0.15) is 0 Å². The van der Waals surface area contributed by atoms with Crippen LogP contribution in [-0.4, -0.2) is 34.7 Å². The maximum atomic E-state index is 13.4. The highest BCUT2D eigenvalue weighted by atomic mass is 32.2. The molecule has 118 valence electrons. The maximum absolute atomic E-state index is 13.4. The van der Waals surface area contributed by atoms with Gasteiger partial charge in [-0.05, 0) is 37.0 Å². The van der Waals surface area contributed by atoms with Crippen LogP contribution >= 0.6 is 0 Å². The maximum Gasteiger partial charge on any atom is 0.240 e. The number of ether oxygens (including phenoxy) is 1. The van der Waals surface area contributed by atoms with Gasteiger partial charge in [0.1, 0.15) is 5.82 Å². The molecule has 1 aromatic carbocycles. The van der Waals surface area contributed by atoms with Crippen molar-refractivity contribution in [2.75, 3.05) is 20.3 Å². The van der Waals surface area contributed by atoms with Crippen LogP contribution in [0.4, 0.5) is 4.39 Å². The zero-order valence-electron chi connectivity index (χ0n) is 12.1. The Morgan fingerprint density at radius 3 is 2.81 bits per heavy atom. The van der Waals surface area contributed by atoms with Gasteiger partial charge < -0.3 is 10.1 Å². The Morgan fingerprint density at radius 1 is 1.38 bits per heavy atom. The van der Waals surface area contributed by atoms with E-state index in [1.54, 1.807) is 7.11 Å². The average molecular weight is 316 g/mol. The van der Waals surface area contributed by atoms with E-state index < -0.39 is 15.8 Å². The van der Waals surface area contributed by atoms with Crippen LogP contribution in [0.2, 0.25) is 0 Å². The van der Waals surface area contributed by atoms with Crippen molar-refractivity contribution in [2.24, 2.45) is 0 Å². The van der Waals surface area contributed by atoms with Crippen molar-refractivity contribution in [1.82, 2.24) is 10.0 Å².